The number of rotatable bonds is 4. The van der Waals surface area contributed by atoms with E-state index < -0.39 is 35.2 Å². The Bertz CT molecular complexity index is 718. The van der Waals surface area contributed by atoms with E-state index in [9.17, 15) is 15.0 Å². The maximum Gasteiger partial charge on any atom is 0.221 e. The van der Waals surface area contributed by atoms with E-state index in [2.05, 4.69) is 0 Å². The van der Waals surface area contributed by atoms with Gasteiger partial charge in [-0.25, -0.2) is 0 Å². The normalized spacial score (nSPS) is 38.5. The number of hydrogen-bond donors (Lipinski definition) is 2. The summed E-state index contributed by atoms with van der Waals surface area (Å²) in [7, 11) is 2.84. The van der Waals surface area contributed by atoms with Gasteiger partial charge in [-0.1, -0.05) is 30.3 Å². The fourth-order valence-electron chi connectivity index (χ4n) is 3.36. The Balaban J connectivity index is 1.93. The first-order chi connectivity index (χ1) is 12.2. The number of methoxy groups -OCH3 is 2. The molecule has 1 aromatic carbocycles. The predicted molar refractivity (Wildman–Crippen MR) is 91.1 cm³/mol. The monoisotopic (exact) mass is 364 g/mol. The summed E-state index contributed by atoms with van der Waals surface area (Å²) in [6.07, 6.45) is -1.15. The quantitative estimate of drug-likeness (QED) is 0.826. The van der Waals surface area contributed by atoms with Crippen LogP contribution >= 0.6 is 0 Å². The van der Waals surface area contributed by atoms with Gasteiger partial charge in [-0.3, -0.25) is 4.79 Å². The first-order valence-electron chi connectivity index (χ1n) is 8.35. The molecule has 1 aliphatic heterocycles. The largest absolute Gasteiger partial charge is 0.385 e. The Morgan fingerprint density at radius 1 is 1.15 bits per heavy atom. The van der Waals surface area contributed by atoms with Crippen LogP contribution in [0.1, 0.15) is 25.5 Å². The van der Waals surface area contributed by atoms with Crippen molar-refractivity contribution >= 4 is 5.78 Å². The van der Waals surface area contributed by atoms with Crippen LogP contribution in [-0.2, 0) is 23.7 Å². The molecule has 1 fully saturated rings. The van der Waals surface area contributed by atoms with E-state index in [0.29, 0.717) is 5.56 Å². The lowest BCUT2D eigenvalue weighted by Crippen LogP contribution is -2.70. The molecule has 1 spiro atoms. The number of aliphatic hydroxyl groups is 2. The van der Waals surface area contributed by atoms with Gasteiger partial charge in [0, 0.05) is 19.8 Å². The van der Waals surface area contributed by atoms with Crippen molar-refractivity contribution in [2.24, 2.45) is 0 Å². The minimum absolute atomic E-state index is 0.0618. The Morgan fingerprint density at radius 3 is 2.35 bits per heavy atom. The van der Waals surface area contributed by atoms with E-state index in [0.717, 1.165) is 0 Å². The second-order valence-corrected chi connectivity index (χ2v) is 6.79. The van der Waals surface area contributed by atoms with Gasteiger partial charge in [0.05, 0.1) is 6.61 Å². The molecule has 0 unspecified atom stereocenters. The Labute approximate surface area is 152 Å². The first-order valence-corrected chi connectivity index (χ1v) is 8.35. The molecule has 2 aliphatic rings. The van der Waals surface area contributed by atoms with Gasteiger partial charge in [-0.2, -0.15) is 0 Å². The third-order valence-electron chi connectivity index (χ3n) is 5.41. The third kappa shape index (κ3) is 2.63. The fourth-order valence-corrected chi connectivity index (χ4v) is 3.36. The van der Waals surface area contributed by atoms with E-state index in [1.54, 1.807) is 38.1 Å². The molecule has 5 atom stereocenters. The number of ketones is 1. The maximum atomic E-state index is 13.1. The average Bonchev–Trinajstić information content (AvgIpc) is 2.90. The van der Waals surface area contributed by atoms with Gasteiger partial charge in [0.15, 0.2) is 11.4 Å². The lowest BCUT2D eigenvalue weighted by atomic mass is 9.90. The zero-order valence-electron chi connectivity index (χ0n) is 15.3. The molecular formula is C19H24O7. The smallest absolute Gasteiger partial charge is 0.221 e. The molecule has 7 nitrogen and oxygen atoms in total. The topological polar surface area (TPSA) is 94.5 Å². The minimum Gasteiger partial charge on any atom is -0.385 e. The van der Waals surface area contributed by atoms with Gasteiger partial charge < -0.3 is 29.2 Å². The van der Waals surface area contributed by atoms with Crippen molar-refractivity contribution in [3.8, 4) is 0 Å². The van der Waals surface area contributed by atoms with Crippen molar-refractivity contribution in [2.45, 2.75) is 43.2 Å². The van der Waals surface area contributed by atoms with Crippen molar-refractivity contribution in [2.75, 3.05) is 20.8 Å². The van der Waals surface area contributed by atoms with Gasteiger partial charge in [-0.15, -0.1) is 0 Å². The SMILES string of the molecule is CO[C@]1(C)OC[C@]2(O[C@@]1(C)OC)C(=O)C([C@@H](O)c1ccccc1)=C[C@@H]2O. The Hall–Kier alpha value is -1.61. The summed E-state index contributed by atoms with van der Waals surface area (Å²) >= 11 is 0. The second-order valence-electron chi connectivity index (χ2n) is 6.79. The summed E-state index contributed by atoms with van der Waals surface area (Å²) < 4.78 is 22.5. The molecule has 0 aromatic heterocycles. The van der Waals surface area contributed by atoms with E-state index in [4.69, 9.17) is 18.9 Å². The molecule has 1 aliphatic carbocycles. The number of carbonyl (C=O) groups excluding carboxylic acids is 1. The van der Waals surface area contributed by atoms with E-state index >= 15 is 0 Å². The van der Waals surface area contributed by atoms with Crippen LogP contribution in [0.25, 0.3) is 0 Å². The predicted octanol–water partition coefficient (Wildman–Crippen LogP) is 1.10. The highest BCUT2D eigenvalue weighted by Crippen LogP contribution is 2.46. The highest BCUT2D eigenvalue weighted by Gasteiger charge is 2.65. The average molecular weight is 364 g/mol. The number of carbonyl (C=O) groups is 1. The summed E-state index contributed by atoms with van der Waals surface area (Å²) in [5.41, 5.74) is -1.09. The second kappa shape index (κ2) is 6.53. The molecule has 142 valence electrons. The molecular weight excluding hydrogens is 340 g/mol. The van der Waals surface area contributed by atoms with Crippen LogP contribution in [0.15, 0.2) is 42.0 Å². The standard InChI is InChI=1S/C19H24O7/c1-17(23-3)18(2,24-4)26-19(11-25-17)14(20)10-13(16(19)22)15(21)12-8-6-5-7-9-12/h5-10,14-15,20-21H,11H2,1-4H3/t14-,15-,17+,18+,19+/m0/s1. The maximum absolute atomic E-state index is 13.1. The molecule has 3 rings (SSSR count). The first kappa shape index (κ1) is 19.2. The zero-order chi connectivity index (χ0) is 19.2. The van der Waals surface area contributed by atoms with Crippen LogP contribution in [-0.4, -0.2) is 60.1 Å². The molecule has 0 saturated carbocycles. The molecule has 0 bridgehead atoms. The highest BCUT2D eigenvalue weighted by atomic mass is 16.8. The third-order valence-corrected chi connectivity index (χ3v) is 5.41. The lowest BCUT2D eigenvalue weighted by molar-refractivity contribution is -0.448. The number of aliphatic hydroxyl groups excluding tert-OH is 2. The Morgan fingerprint density at radius 2 is 1.77 bits per heavy atom. The van der Waals surface area contributed by atoms with Crippen molar-refractivity contribution in [1.82, 2.24) is 0 Å². The van der Waals surface area contributed by atoms with E-state index in [1.165, 1.54) is 20.3 Å². The lowest BCUT2D eigenvalue weighted by Gasteiger charge is -2.52. The van der Waals surface area contributed by atoms with E-state index in [-0.39, 0.29) is 12.2 Å². The Kier molecular flexibility index (Phi) is 4.81. The van der Waals surface area contributed by atoms with Gasteiger partial charge in [0.2, 0.25) is 11.6 Å². The zero-order valence-corrected chi connectivity index (χ0v) is 15.3. The number of Topliss-reactive ketones (excluding diaryl/α,β-unsaturated/α-hetero) is 1. The van der Waals surface area contributed by atoms with Crippen LogP contribution in [0.5, 0.6) is 0 Å². The van der Waals surface area contributed by atoms with E-state index in [1.807, 2.05) is 6.07 Å². The van der Waals surface area contributed by atoms with Crippen molar-refractivity contribution in [3.05, 3.63) is 47.5 Å². The van der Waals surface area contributed by atoms with Gasteiger partial charge >= 0.3 is 0 Å². The summed E-state index contributed by atoms with van der Waals surface area (Å²) in [6, 6.07) is 8.74. The summed E-state index contributed by atoms with van der Waals surface area (Å²) in [5, 5.41) is 21.2. The fraction of sp³-hybridized carbons (Fsp3) is 0.526. The molecule has 7 heteroatoms. The summed E-state index contributed by atoms with van der Waals surface area (Å²) in [5.74, 6) is -3.26. The van der Waals surface area contributed by atoms with Crippen LogP contribution in [0.2, 0.25) is 0 Å². The molecule has 0 amide bonds. The van der Waals surface area contributed by atoms with Crippen molar-refractivity contribution < 1.29 is 34.0 Å². The van der Waals surface area contributed by atoms with Crippen LogP contribution < -0.4 is 0 Å². The van der Waals surface area contributed by atoms with Crippen LogP contribution in [0, 0.1) is 0 Å². The van der Waals surface area contributed by atoms with Gasteiger partial charge in [0.1, 0.15) is 12.2 Å². The number of ether oxygens (including phenoxy) is 4. The molecule has 1 heterocycles. The van der Waals surface area contributed by atoms with Crippen LogP contribution in [0.4, 0.5) is 0 Å². The summed E-state index contributed by atoms with van der Waals surface area (Å²) in [6.45, 7) is 2.96. The van der Waals surface area contributed by atoms with Crippen molar-refractivity contribution in [1.29, 1.82) is 0 Å². The summed E-state index contributed by atoms with van der Waals surface area (Å²) in [4.78, 5) is 13.1. The molecule has 1 saturated heterocycles. The molecule has 26 heavy (non-hydrogen) atoms. The number of hydrogen-bond acceptors (Lipinski definition) is 7. The molecule has 2 N–H and O–H groups in total. The van der Waals surface area contributed by atoms with Gasteiger partial charge in [0.25, 0.3) is 0 Å². The van der Waals surface area contributed by atoms with Crippen LogP contribution in [0.3, 0.4) is 0 Å². The molecule has 0 radical (unpaired) electrons. The van der Waals surface area contributed by atoms with Gasteiger partial charge in [-0.05, 0) is 25.5 Å². The molecule has 1 aromatic rings. The minimum atomic E-state index is -1.70. The van der Waals surface area contributed by atoms with Crippen molar-refractivity contribution in [3.63, 3.8) is 0 Å². The highest BCUT2D eigenvalue weighted by molar-refractivity contribution is 6.06. The number of benzene rings is 1.